The van der Waals surface area contributed by atoms with Crippen LogP contribution >= 0.6 is 0 Å². The maximum absolute atomic E-state index is 12.3. The van der Waals surface area contributed by atoms with Crippen LogP contribution in [0.4, 0.5) is 5.69 Å². The first-order chi connectivity index (χ1) is 9.55. The molecule has 0 aliphatic carbocycles. The minimum atomic E-state index is -1.01. The van der Waals surface area contributed by atoms with Crippen LogP contribution in [0.1, 0.15) is 23.7 Å². The number of nitrogens with two attached hydrogens (primary N) is 1. The van der Waals surface area contributed by atoms with Crippen molar-refractivity contribution in [2.75, 3.05) is 18.9 Å². The van der Waals surface area contributed by atoms with Crippen molar-refractivity contribution in [2.45, 2.75) is 18.9 Å². The number of carbonyl (C=O) groups excluding carboxylic acids is 1. The second-order valence-electron chi connectivity index (χ2n) is 4.91. The van der Waals surface area contributed by atoms with Crippen LogP contribution < -0.4 is 11.1 Å². The molecule has 0 spiro atoms. The van der Waals surface area contributed by atoms with E-state index in [9.17, 15) is 15.0 Å². The van der Waals surface area contributed by atoms with E-state index < -0.39 is 5.54 Å². The van der Waals surface area contributed by atoms with Crippen molar-refractivity contribution < 1.29 is 15.0 Å². The molecule has 1 amide bonds. The molecule has 2 rings (SSSR count). The molecule has 2 aromatic rings. The Kier molecular flexibility index (Phi) is 3.96. The Bertz CT molecular complexity index is 609. The summed E-state index contributed by atoms with van der Waals surface area (Å²) < 4.78 is 0. The van der Waals surface area contributed by atoms with Crippen LogP contribution in [0.25, 0.3) is 10.9 Å². The predicted molar refractivity (Wildman–Crippen MR) is 77.4 cm³/mol. The first-order valence-corrected chi connectivity index (χ1v) is 6.46. The van der Waals surface area contributed by atoms with E-state index in [0.29, 0.717) is 23.1 Å². The van der Waals surface area contributed by atoms with Gasteiger partial charge in [0.15, 0.2) is 0 Å². The lowest BCUT2D eigenvalue weighted by Crippen LogP contribution is -2.53. The van der Waals surface area contributed by atoms with Crippen molar-refractivity contribution in [3.05, 3.63) is 30.0 Å². The third-order valence-corrected chi connectivity index (χ3v) is 3.61. The summed E-state index contributed by atoms with van der Waals surface area (Å²) in [5.74, 6) is -0.355. The fraction of sp³-hybridized carbons (Fsp3) is 0.357. The molecule has 0 unspecified atom stereocenters. The molecule has 108 valence electrons. The molecule has 6 nitrogen and oxygen atoms in total. The molecule has 0 radical (unpaired) electrons. The highest BCUT2D eigenvalue weighted by molar-refractivity contribution is 6.07. The number of aliphatic hydroxyl groups excluding tert-OH is 2. The number of rotatable bonds is 5. The summed E-state index contributed by atoms with van der Waals surface area (Å²) in [4.78, 5) is 15.3. The zero-order valence-electron chi connectivity index (χ0n) is 11.3. The summed E-state index contributed by atoms with van der Waals surface area (Å²) >= 11 is 0. The Morgan fingerprint density at radius 3 is 2.70 bits per heavy atom. The highest BCUT2D eigenvalue weighted by atomic mass is 16.3. The van der Waals surface area contributed by atoms with Gasteiger partial charge in [-0.25, -0.2) is 0 Å². The van der Waals surface area contributed by atoms with Crippen LogP contribution in [-0.2, 0) is 0 Å². The lowest BCUT2D eigenvalue weighted by Gasteiger charge is -2.29. The molecule has 1 heterocycles. The molecule has 0 saturated heterocycles. The Balaban J connectivity index is 2.34. The molecule has 0 atom stereocenters. The molecule has 6 N–H and O–H groups in total. The van der Waals surface area contributed by atoms with Gasteiger partial charge in [0, 0.05) is 22.8 Å². The van der Waals surface area contributed by atoms with E-state index in [2.05, 4.69) is 10.3 Å². The van der Waals surface area contributed by atoms with E-state index in [4.69, 9.17) is 5.73 Å². The number of aromatic amines is 1. The van der Waals surface area contributed by atoms with Gasteiger partial charge < -0.3 is 26.2 Å². The fourth-order valence-electron chi connectivity index (χ4n) is 2.08. The van der Waals surface area contributed by atoms with Crippen molar-refractivity contribution in [3.63, 3.8) is 0 Å². The molecule has 1 aromatic carbocycles. The van der Waals surface area contributed by atoms with Gasteiger partial charge in [-0.1, -0.05) is 6.92 Å². The van der Waals surface area contributed by atoms with Crippen molar-refractivity contribution in [2.24, 2.45) is 0 Å². The molecule has 20 heavy (non-hydrogen) atoms. The summed E-state index contributed by atoms with van der Waals surface area (Å²) in [6, 6.07) is 5.26. The van der Waals surface area contributed by atoms with Crippen molar-refractivity contribution in [1.82, 2.24) is 10.3 Å². The quantitative estimate of drug-likeness (QED) is 0.516. The van der Waals surface area contributed by atoms with Crippen LogP contribution in [0.5, 0.6) is 0 Å². The van der Waals surface area contributed by atoms with Gasteiger partial charge in [-0.2, -0.15) is 0 Å². The third-order valence-electron chi connectivity index (χ3n) is 3.61. The standard InChI is InChI=1S/C14H19N3O3/c1-2-14(7-18,8-19)17-13(20)11-6-16-12-4-3-9(15)5-10(11)12/h3-6,16,18-19H,2,7-8,15H2,1H3,(H,17,20). The first-order valence-electron chi connectivity index (χ1n) is 6.46. The summed E-state index contributed by atoms with van der Waals surface area (Å²) in [6.45, 7) is 1.15. The first kappa shape index (κ1) is 14.4. The molecule has 0 aliphatic heterocycles. The van der Waals surface area contributed by atoms with Gasteiger partial charge in [-0.15, -0.1) is 0 Å². The largest absolute Gasteiger partial charge is 0.399 e. The Labute approximate surface area is 116 Å². The number of fused-ring (bicyclic) bond motifs is 1. The number of aromatic nitrogens is 1. The average Bonchev–Trinajstić information content (AvgIpc) is 2.88. The fourth-order valence-corrected chi connectivity index (χ4v) is 2.08. The molecule has 0 saturated carbocycles. The molecular weight excluding hydrogens is 258 g/mol. The van der Waals surface area contributed by atoms with E-state index in [1.807, 2.05) is 0 Å². The maximum Gasteiger partial charge on any atom is 0.254 e. The zero-order chi connectivity index (χ0) is 14.8. The second-order valence-corrected chi connectivity index (χ2v) is 4.91. The minimum Gasteiger partial charge on any atom is -0.399 e. The summed E-state index contributed by atoms with van der Waals surface area (Å²) in [7, 11) is 0. The van der Waals surface area contributed by atoms with Gasteiger partial charge in [0.25, 0.3) is 5.91 Å². The van der Waals surface area contributed by atoms with Gasteiger partial charge in [0.2, 0.25) is 0 Å². The van der Waals surface area contributed by atoms with Gasteiger partial charge >= 0.3 is 0 Å². The van der Waals surface area contributed by atoms with Crippen molar-refractivity contribution >= 4 is 22.5 Å². The molecule has 0 fully saturated rings. The number of anilines is 1. The number of hydrogen-bond donors (Lipinski definition) is 5. The Hall–Kier alpha value is -2.05. The Morgan fingerprint density at radius 1 is 1.40 bits per heavy atom. The van der Waals surface area contributed by atoms with Gasteiger partial charge in [-0.05, 0) is 24.6 Å². The molecule has 1 aromatic heterocycles. The SMILES string of the molecule is CCC(CO)(CO)NC(=O)c1c[nH]c2ccc(N)cc12. The smallest absolute Gasteiger partial charge is 0.254 e. The monoisotopic (exact) mass is 277 g/mol. The zero-order valence-corrected chi connectivity index (χ0v) is 11.3. The van der Waals surface area contributed by atoms with Crippen LogP contribution in [-0.4, -0.2) is 39.9 Å². The number of benzene rings is 1. The topological polar surface area (TPSA) is 111 Å². The van der Waals surface area contributed by atoms with E-state index >= 15 is 0 Å². The number of aliphatic hydroxyl groups is 2. The summed E-state index contributed by atoms with van der Waals surface area (Å²) in [5, 5.41) is 22.2. The number of carbonyl (C=O) groups is 1. The number of H-pyrrole nitrogens is 1. The second kappa shape index (κ2) is 5.52. The normalized spacial score (nSPS) is 11.8. The van der Waals surface area contributed by atoms with E-state index in [-0.39, 0.29) is 19.1 Å². The van der Waals surface area contributed by atoms with Crippen LogP contribution in [0.2, 0.25) is 0 Å². The van der Waals surface area contributed by atoms with Crippen LogP contribution in [0, 0.1) is 0 Å². The number of nitrogen functional groups attached to an aromatic ring is 1. The van der Waals surface area contributed by atoms with Gasteiger partial charge in [-0.3, -0.25) is 4.79 Å². The number of amides is 1. The third kappa shape index (κ3) is 2.48. The predicted octanol–water partition coefficient (Wildman–Crippen LogP) is 0.613. The van der Waals surface area contributed by atoms with Crippen LogP contribution in [0.3, 0.4) is 0 Å². The lowest BCUT2D eigenvalue weighted by molar-refractivity contribution is 0.0654. The molecular formula is C14H19N3O3. The molecule has 6 heteroatoms. The highest BCUT2D eigenvalue weighted by Crippen LogP contribution is 2.22. The number of nitrogens with one attached hydrogen (secondary N) is 2. The average molecular weight is 277 g/mol. The van der Waals surface area contributed by atoms with E-state index in [0.717, 1.165) is 5.52 Å². The molecule has 0 aliphatic rings. The summed E-state index contributed by atoms with van der Waals surface area (Å²) in [5.41, 5.74) is 6.53. The van der Waals surface area contributed by atoms with Crippen molar-refractivity contribution in [1.29, 1.82) is 0 Å². The lowest BCUT2D eigenvalue weighted by atomic mass is 9.97. The Morgan fingerprint density at radius 2 is 2.10 bits per heavy atom. The number of hydrogen-bond acceptors (Lipinski definition) is 4. The summed E-state index contributed by atoms with van der Waals surface area (Å²) in [6.07, 6.45) is 2.02. The maximum atomic E-state index is 12.3. The minimum absolute atomic E-state index is 0.323. The highest BCUT2D eigenvalue weighted by Gasteiger charge is 2.29. The van der Waals surface area contributed by atoms with Crippen molar-refractivity contribution in [3.8, 4) is 0 Å². The van der Waals surface area contributed by atoms with E-state index in [1.165, 1.54) is 0 Å². The van der Waals surface area contributed by atoms with E-state index in [1.54, 1.807) is 31.3 Å². The van der Waals surface area contributed by atoms with Crippen LogP contribution in [0.15, 0.2) is 24.4 Å². The van der Waals surface area contributed by atoms with Gasteiger partial charge in [0.05, 0.1) is 24.3 Å². The van der Waals surface area contributed by atoms with Gasteiger partial charge in [0.1, 0.15) is 0 Å². The molecule has 0 bridgehead atoms.